The van der Waals surface area contributed by atoms with Gasteiger partial charge in [-0.2, -0.15) is 0 Å². The lowest BCUT2D eigenvalue weighted by atomic mass is 10.2. The van der Waals surface area contributed by atoms with Gasteiger partial charge in [0.1, 0.15) is 5.82 Å². The quantitative estimate of drug-likeness (QED) is 0.573. The molecule has 28 heavy (non-hydrogen) atoms. The first-order valence-corrected chi connectivity index (χ1v) is 10.6. The van der Waals surface area contributed by atoms with Crippen LogP contribution in [0.4, 0.5) is 4.39 Å². The van der Waals surface area contributed by atoms with E-state index in [0.717, 1.165) is 23.3 Å². The fourth-order valence-corrected chi connectivity index (χ4v) is 3.83. The van der Waals surface area contributed by atoms with Crippen molar-refractivity contribution in [3.8, 4) is 0 Å². The summed E-state index contributed by atoms with van der Waals surface area (Å²) in [6, 6.07) is 10.3. The molecule has 0 N–H and O–H groups in total. The summed E-state index contributed by atoms with van der Waals surface area (Å²) < 4.78 is 13.2. The zero-order valence-corrected chi connectivity index (χ0v) is 17.7. The van der Waals surface area contributed by atoms with E-state index < -0.39 is 0 Å². The van der Waals surface area contributed by atoms with Gasteiger partial charge in [-0.05, 0) is 43.2 Å². The van der Waals surface area contributed by atoms with E-state index in [-0.39, 0.29) is 24.2 Å². The minimum atomic E-state index is -0.296. The van der Waals surface area contributed by atoms with E-state index >= 15 is 0 Å². The highest BCUT2D eigenvalue weighted by Gasteiger charge is 2.21. The van der Waals surface area contributed by atoms with E-state index in [1.54, 1.807) is 33.3 Å². The second-order valence-corrected chi connectivity index (χ2v) is 8.28. The van der Waals surface area contributed by atoms with Crippen molar-refractivity contribution in [3.05, 3.63) is 57.5 Å². The third-order valence-electron chi connectivity index (χ3n) is 4.54. The Labute approximate surface area is 171 Å². The number of nitrogens with zero attached hydrogens (tertiary/aromatic N) is 2. The Morgan fingerprint density at radius 3 is 2.25 bits per heavy atom. The van der Waals surface area contributed by atoms with Gasteiger partial charge in [0.15, 0.2) is 0 Å². The molecule has 2 rings (SSSR count). The Bertz CT molecular complexity index is 773. The number of thiophene rings is 1. The Kier molecular flexibility index (Phi) is 8.64. The molecular formula is C22H29FN2O2S. The maximum absolute atomic E-state index is 13.2. The van der Waals surface area contributed by atoms with Crippen LogP contribution in [0.15, 0.2) is 36.4 Å². The third-order valence-corrected chi connectivity index (χ3v) is 5.53. The second-order valence-electron chi connectivity index (χ2n) is 6.91. The summed E-state index contributed by atoms with van der Waals surface area (Å²) in [5.74, 6) is -0.390. The average molecular weight is 405 g/mol. The molecule has 0 radical (unpaired) electrons. The number of rotatable bonds is 10. The SMILES string of the molecule is CCCCN(CC(=O)N(Cc1ccc(F)cc1)Cc1ccc(C)s1)C(=O)CC. The van der Waals surface area contributed by atoms with Crippen molar-refractivity contribution in [2.75, 3.05) is 13.1 Å². The molecule has 0 aliphatic heterocycles. The number of amides is 2. The molecule has 1 heterocycles. The maximum atomic E-state index is 13.2. The van der Waals surface area contributed by atoms with Crippen LogP contribution in [0.5, 0.6) is 0 Å². The lowest BCUT2D eigenvalue weighted by Crippen LogP contribution is -2.42. The molecule has 0 fully saturated rings. The van der Waals surface area contributed by atoms with Crippen LogP contribution in [-0.2, 0) is 22.7 Å². The summed E-state index contributed by atoms with van der Waals surface area (Å²) in [5.41, 5.74) is 0.866. The second kappa shape index (κ2) is 11.0. The predicted molar refractivity (Wildman–Crippen MR) is 111 cm³/mol. The molecule has 0 atom stereocenters. The van der Waals surface area contributed by atoms with Crippen molar-refractivity contribution in [2.24, 2.45) is 0 Å². The minimum absolute atomic E-state index is 0.00417. The highest BCUT2D eigenvalue weighted by molar-refractivity contribution is 7.11. The molecule has 0 spiro atoms. The first kappa shape index (κ1) is 22.1. The van der Waals surface area contributed by atoms with E-state index in [4.69, 9.17) is 0 Å². The van der Waals surface area contributed by atoms with Crippen LogP contribution in [0, 0.1) is 12.7 Å². The fourth-order valence-electron chi connectivity index (χ4n) is 2.93. The van der Waals surface area contributed by atoms with Gasteiger partial charge in [-0.3, -0.25) is 9.59 Å². The fraction of sp³-hybridized carbons (Fsp3) is 0.455. The monoisotopic (exact) mass is 404 g/mol. The van der Waals surface area contributed by atoms with Crippen molar-refractivity contribution >= 4 is 23.2 Å². The minimum Gasteiger partial charge on any atom is -0.333 e. The summed E-state index contributed by atoms with van der Waals surface area (Å²) in [6.07, 6.45) is 2.23. The molecule has 0 aliphatic rings. The largest absolute Gasteiger partial charge is 0.333 e. The van der Waals surface area contributed by atoms with Crippen molar-refractivity contribution in [2.45, 2.75) is 53.1 Å². The van der Waals surface area contributed by atoms with Gasteiger partial charge in [0, 0.05) is 29.3 Å². The molecule has 0 bridgehead atoms. The summed E-state index contributed by atoms with van der Waals surface area (Å²) in [7, 11) is 0. The molecule has 1 aromatic carbocycles. The number of unbranched alkanes of at least 4 members (excludes halogenated alkanes) is 1. The van der Waals surface area contributed by atoms with E-state index in [1.807, 2.05) is 26.0 Å². The number of hydrogen-bond acceptors (Lipinski definition) is 3. The van der Waals surface area contributed by atoms with E-state index in [2.05, 4.69) is 6.92 Å². The number of carbonyl (C=O) groups excluding carboxylic acids is 2. The standard InChI is InChI=1S/C22H29FN2O2S/c1-4-6-13-24(21(26)5-2)16-22(27)25(15-20-12-7-17(3)28-20)14-18-8-10-19(23)11-9-18/h7-12H,4-6,13-16H2,1-3H3. The maximum Gasteiger partial charge on any atom is 0.242 e. The Morgan fingerprint density at radius 2 is 1.68 bits per heavy atom. The van der Waals surface area contributed by atoms with Gasteiger partial charge in [-0.15, -0.1) is 11.3 Å². The molecule has 152 valence electrons. The van der Waals surface area contributed by atoms with Gasteiger partial charge in [0.25, 0.3) is 0 Å². The third kappa shape index (κ3) is 6.75. The number of halogens is 1. The molecule has 2 aromatic rings. The zero-order chi connectivity index (χ0) is 20.5. The van der Waals surface area contributed by atoms with Crippen LogP contribution in [0.2, 0.25) is 0 Å². The van der Waals surface area contributed by atoms with Gasteiger partial charge in [-0.1, -0.05) is 32.4 Å². The Balaban J connectivity index is 2.16. The average Bonchev–Trinajstić information content (AvgIpc) is 3.10. The predicted octanol–water partition coefficient (Wildman–Crippen LogP) is 4.76. The lowest BCUT2D eigenvalue weighted by Gasteiger charge is -2.27. The highest BCUT2D eigenvalue weighted by Crippen LogP contribution is 2.19. The van der Waals surface area contributed by atoms with Crippen LogP contribution in [-0.4, -0.2) is 34.7 Å². The molecule has 0 unspecified atom stereocenters. The Hall–Kier alpha value is -2.21. The van der Waals surface area contributed by atoms with E-state index in [9.17, 15) is 14.0 Å². The van der Waals surface area contributed by atoms with Crippen LogP contribution >= 0.6 is 11.3 Å². The van der Waals surface area contributed by atoms with Crippen LogP contribution in [0.1, 0.15) is 48.4 Å². The van der Waals surface area contributed by atoms with Gasteiger partial charge in [0.05, 0.1) is 13.1 Å². The summed E-state index contributed by atoms with van der Waals surface area (Å²) in [5, 5.41) is 0. The Morgan fingerprint density at radius 1 is 0.964 bits per heavy atom. The van der Waals surface area contributed by atoms with Gasteiger partial charge in [0.2, 0.25) is 11.8 Å². The molecule has 0 saturated carbocycles. The first-order chi connectivity index (χ1) is 13.4. The van der Waals surface area contributed by atoms with E-state index in [1.165, 1.54) is 17.0 Å². The number of carbonyl (C=O) groups is 2. The molecule has 4 nitrogen and oxygen atoms in total. The summed E-state index contributed by atoms with van der Waals surface area (Å²) in [4.78, 5) is 31.0. The van der Waals surface area contributed by atoms with Gasteiger partial charge < -0.3 is 9.80 Å². The number of hydrogen-bond donors (Lipinski definition) is 0. The normalized spacial score (nSPS) is 10.7. The van der Waals surface area contributed by atoms with Crippen molar-refractivity contribution in [1.82, 2.24) is 9.80 Å². The molecule has 0 saturated heterocycles. The highest BCUT2D eigenvalue weighted by atomic mass is 32.1. The lowest BCUT2D eigenvalue weighted by molar-refractivity contribution is -0.141. The molecule has 0 aliphatic carbocycles. The summed E-state index contributed by atoms with van der Waals surface area (Å²) >= 11 is 1.66. The molecule has 1 aromatic heterocycles. The zero-order valence-electron chi connectivity index (χ0n) is 16.9. The van der Waals surface area contributed by atoms with Gasteiger partial charge >= 0.3 is 0 Å². The van der Waals surface area contributed by atoms with Crippen molar-refractivity contribution in [3.63, 3.8) is 0 Å². The van der Waals surface area contributed by atoms with Gasteiger partial charge in [-0.25, -0.2) is 4.39 Å². The smallest absolute Gasteiger partial charge is 0.242 e. The van der Waals surface area contributed by atoms with Crippen molar-refractivity contribution in [1.29, 1.82) is 0 Å². The van der Waals surface area contributed by atoms with Crippen molar-refractivity contribution < 1.29 is 14.0 Å². The number of benzene rings is 1. The molecule has 2 amide bonds. The number of aryl methyl sites for hydroxylation is 1. The first-order valence-electron chi connectivity index (χ1n) is 9.78. The molecule has 6 heteroatoms. The van der Waals surface area contributed by atoms with E-state index in [0.29, 0.717) is 26.1 Å². The van der Waals surface area contributed by atoms with Crippen LogP contribution < -0.4 is 0 Å². The molecular weight excluding hydrogens is 375 g/mol. The van der Waals surface area contributed by atoms with Crippen LogP contribution in [0.3, 0.4) is 0 Å². The summed E-state index contributed by atoms with van der Waals surface area (Å²) in [6.45, 7) is 7.46. The van der Waals surface area contributed by atoms with Crippen LogP contribution in [0.25, 0.3) is 0 Å². The topological polar surface area (TPSA) is 40.6 Å².